The van der Waals surface area contributed by atoms with E-state index in [1.165, 1.54) is 5.56 Å². The first-order valence-electron chi connectivity index (χ1n) is 5.79. The maximum absolute atomic E-state index is 5.88. The zero-order valence-electron chi connectivity index (χ0n) is 10.1. The summed E-state index contributed by atoms with van der Waals surface area (Å²) in [5.41, 5.74) is 4.21. The van der Waals surface area contributed by atoms with Gasteiger partial charge in [-0.1, -0.05) is 31.5 Å². The lowest BCUT2D eigenvalue weighted by atomic mass is 10.0. The molecule has 17 heavy (non-hydrogen) atoms. The van der Waals surface area contributed by atoms with Gasteiger partial charge in [0.1, 0.15) is 0 Å². The van der Waals surface area contributed by atoms with Gasteiger partial charge in [-0.15, -0.1) is 0 Å². The molecule has 0 amide bonds. The van der Waals surface area contributed by atoms with Gasteiger partial charge >= 0.3 is 0 Å². The second-order valence-electron chi connectivity index (χ2n) is 4.11. The van der Waals surface area contributed by atoms with Crippen molar-refractivity contribution in [2.45, 2.75) is 26.7 Å². The van der Waals surface area contributed by atoms with Gasteiger partial charge < -0.3 is 0 Å². The third kappa shape index (κ3) is 3.04. The van der Waals surface area contributed by atoms with E-state index in [1.807, 2.05) is 13.0 Å². The van der Waals surface area contributed by atoms with Crippen molar-refractivity contribution in [3.63, 3.8) is 0 Å². The van der Waals surface area contributed by atoms with E-state index >= 15 is 0 Å². The van der Waals surface area contributed by atoms with Gasteiger partial charge in [-0.25, -0.2) is 9.97 Å². The summed E-state index contributed by atoms with van der Waals surface area (Å²) in [4.78, 5) is 8.33. The fourth-order valence-corrected chi connectivity index (χ4v) is 2.08. The van der Waals surface area contributed by atoms with E-state index in [-0.39, 0.29) is 0 Å². The lowest BCUT2D eigenvalue weighted by Gasteiger charge is -2.05. The van der Waals surface area contributed by atoms with E-state index in [0.717, 1.165) is 29.8 Å². The lowest BCUT2D eigenvalue weighted by molar-refractivity contribution is 0.922. The minimum Gasteiger partial charge on any atom is -0.223 e. The summed E-state index contributed by atoms with van der Waals surface area (Å²) in [5.74, 6) is 0. The Bertz CT molecular complexity index is 503. The van der Waals surface area contributed by atoms with Crippen LogP contribution >= 0.6 is 11.6 Å². The highest BCUT2D eigenvalue weighted by molar-refractivity contribution is 6.28. The van der Waals surface area contributed by atoms with Crippen LogP contribution in [0.4, 0.5) is 0 Å². The number of nitrogens with zero attached hydrogens (tertiary/aromatic N) is 2. The van der Waals surface area contributed by atoms with Gasteiger partial charge in [0.05, 0.1) is 5.69 Å². The number of aromatic nitrogens is 2. The number of benzene rings is 1. The summed E-state index contributed by atoms with van der Waals surface area (Å²) < 4.78 is 0. The van der Waals surface area contributed by atoms with Gasteiger partial charge in [0, 0.05) is 11.3 Å². The Morgan fingerprint density at radius 2 is 2.00 bits per heavy atom. The molecule has 88 valence electrons. The smallest absolute Gasteiger partial charge is 0.223 e. The van der Waals surface area contributed by atoms with Gasteiger partial charge in [0.15, 0.2) is 0 Å². The number of hydrogen-bond donors (Lipinski definition) is 0. The first-order chi connectivity index (χ1) is 8.19. The Balaban J connectivity index is 2.41. The second kappa shape index (κ2) is 5.28. The van der Waals surface area contributed by atoms with Crippen LogP contribution in [0.5, 0.6) is 0 Å². The maximum Gasteiger partial charge on any atom is 0.223 e. The van der Waals surface area contributed by atoms with E-state index in [1.54, 1.807) is 0 Å². The average molecular weight is 247 g/mol. The molecule has 0 saturated carbocycles. The van der Waals surface area contributed by atoms with Gasteiger partial charge in [-0.3, -0.25) is 0 Å². The molecule has 0 N–H and O–H groups in total. The summed E-state index contributed by atoms with van der Waals surface area (Å²) in [7, 11) is 0. The van der Waals surface area contributed by atoms with Crippen molar-refractivity contribution >= 4 is 11.6 Å². The molecule has 1 aromatic heterocycles. The van der Waals surface area contributed by atoms with Crippen LogP contribution in [-0.2, 0) is 6.42 Å². The quantitative estimate of drug-likeness (QED) is 0.764. The molecule has 0 radical (unpaired) electrons. The van der Waals surface area contributed by atoms with Crippen LogP contribution in [0.15, 0.2) is 30.3 Å². The molecule has 0 saturated heterocycles. The molecule has 2 aromatic rings. The number of aryl methyl sites for hydroxylation is 2. The first-order valence-corrected chi connectivity index (χ1v) is 6.17. The number of halogens is 1. The van der Waals surface area contributed by atoms with Gasteiger partial charge in [0.2, 0.25) is 5.28 Å². The van der Waals surface area contributed by atoms with Crippen molar-refractivity contribution in [2.75, 3.05) is 0 Å². The van der Waals surface area contributed by atoms with Crippen molar-refractivity contribution in [1.29, 1.82) is 0 Å². The Hall–Kier alpha value is -1.41. The Kier molecular flexibility index (Phi) is 3.75. The van der Waals surface area contributed by atoms with Crippen LogP contribution in [0.2, 0.25) is 5.28 Å². The number of hydrogen-bond acceptors (Lipinski definition) is 2. The Labute approximate surface area is 107 Å². The molecular formula is C14H15ClN2. The standard InChI is InChI=1S/C14H15ClN2/c1-3-5-11-6-4-7-12(9-11)13-8-10(2)16-14(15)17-13/h4,6-9H,3,5H2,1-2H3. The summed E-state index contributed by atoms with van der Waals surface area (Å²) in [5, 5.41) is 0.306. The van der Waals surface area contributed by atoms with E-state index in [9.17, 15) is 0 Å². The minimum absolute atomic E-state index is 0.306. The van der Waals surface area contributed by atoms with Crippen molar-refractivity contribution in [3.8, 4) is 11.3 Å². The monoisotopic (exact) mass is 246 g/mol. The molecule has 0 aliphatic carbocycles. The summed E-state index contributed by atoms with van der Waals surface area (Å²) in [6, 6.07) is 10.4. The summed E-state index contributed by atoms with van der Waals surface area (Å²) >= 11 is 5.88. The third-order valence-electron chi connectivity index (χ3n) is 2.59. The Morgan fingerprint density at radius 3 is 2.71 bits per heavy atom. The van der Waals surface area contributed by atoms with Gasteiger partial charge in [0.25, 0.3) is 0 Å². The van der Waals surface area contributed by atoms with Crippen molar-refractivity contribution in [2.24, 2.45) is 0 Å². The van der Waals surface area contributed by atoms with Crippen molar-refractivity contribution in [1.82, 2.24) is 9.97 Å². The fourth-order valence-electron chi connectivity index (χ4n) is 1.86. The summed E-state index contributed by atoms with van der Waals surface area (Å²) in [6.45, 7) is 4.10. The minimum atomic E-state index is 0.306. The molecule has 1 aromatic carbocycles. The fraction of sp³-hybridized carbons (Fsp3) is 0.286. The molecule has 0 atom stereocenters. The van der Waals surface area contributed by atoms with Gasteiger partial charge in [-0.05, 0) is 42.6 Å². The predicted molar refractivity (Wildman–Crippen MR) is 71.2 cm³/mol. The van der Waals surface area contributed by atoms with Crippen molar-refractivity contribution < 1.29 is 0 Å². The third-order valence-corrected chi connectivity index (χ3v) is 2.76. The van der Waals surface area contributed by atoms with E-state index in [2.05, 4.69) is 41.2 Å². The van der Waals surface area contributed by atoms with E-state index in [4.69, 9.17) is 11.6 Å². The van der Waals surface area contributed by atoms with Crippen LogP contribution in [0.1, 0.15) is 24.6 Å². The molecular weight excluding hydrogens is 232 g/mol. The number of rotatable bonds is 3. The molecule has 0 spiro atoms. The maximum atomic E-state index is 5.88. The molecule has 0 aliphatic heterocycles. The molecule has 3 heteroatoms. The zero-order chi connectivity index (χ0) is 12.3. The highest BCUT2D eigenvalue weighted by atomic mass is 35.5. The van der Waals surface area contributed by atoms with Crippen LogP contribution in [0.3, 0.4) is 0 Å². The highest BCUT2D eigenvalue weighted by Crippen LogP contribution is 2.21. The topological polar surface area (TPSA) is 25.8 Å². The van der Waals surface area contributed by atoms with Crippen LogP contribution in [-0.4, -0.2) is 9.97 Å². The molecule has 1 heterocycles. The van der Waals surface area contributed by atoms with Crippen LogP contribution < -0.4 is 0 Å². The van der Waals surface area contributed by atoms with E-state index < -0.39 is 0 Å². The second-order valence-corrected chi connectivity index (χ2v) is 4.45. The molecule has 0 fully saturated rings. The molecule has 2 rings (SSSR count). The lowest BCUT2D eigenvalue weighted by Crippen LogP contribution is -1.91. The van der Waals surface area contributed by atoms with Crippen LogP contribution in [0.25, 0.3) is 11.3 Å². The van der Waals surface area contributed by atoms with E-state index in [0.29, 0.717) is 5.28 Å². The summed E-state index contributed by atoms with van der Waals surface area (Å²) in [6.07, 6.45) is 2.23. The van der Waals surface area contributed by atoms with Crippen LogP contribution in [0, 0.1) is 6.92 Å². The molecule has 0 aliphatic rings. The Morgan fingerprint density at radius 1 is 1.18 bits per heavy atom. The molecule has 0 unspecified atom stereocenters. The van der Waals surface area contributed by atoms with Crippen molar-refractivity contribution in [3.05, 3.63) is 46.9 Å². The zero-order valence-corrected chi connectivity index (χ0v) is 10.8. The highest BCUT2D eigenvalue weighted by Gasteiger charge is 2.03. The molecule has 0 bridgehead atoms. The van der Waals surface area contributed by atoms with Gasteiger partial charge in [-0.2, -0.15) is 0 Å². The molecule has 2 nitrogen and oxygen atoms in total. The predicted octanol–water partition coefficient (Wildman–Crippen LogP) is 4.06. The average Bonchev–Trinajstić information content (AvgIpc) is 2.28. The first kappa shape index (κ1) is 12.1. The largest absolute Gasteiger partial charge is 0.223 e. The normalized spacial score (nSPS) is 10.5. The SMILES string of the molecule is CCCc1cccc(-c2cc(C)nc(Cl)n2)c1.